The number of carbonyl (C=O) groups excluding carboxylic acids is 2. The molecule has 0 spiro atoms. The van der Waals surface area contributed by atoms with E-state index in [4.69, 9.17) is 4.78 Å². The molecule has 2 atom stereocenters. The first-order chi connectivity index (χ1) is 12.8. The first-order valence-electron chi connectivity index (χ1n) is 9.27. The summed E-state index contributed by atoms with van der Waals surface area (Å²) in [5, 5.41) is 0. The molecule has 2 saturated heterocycles. The predicted molar refractivity (Wildman–Crippen MR) is 106 cm³/mol. The van der Waals surface area contributed by atoms with Crippen LogP contribution in [0.15, 0.2) is 43.0 Å². The van der Waals surface area contributed by atoms with Crippen LogP contribution in [0, 0.1) is 4.78 Å². The number of hydrogen-bond donors (Lipinski definition) is 1. The summed E-state index contributed by atoms with van der Waals surface area (Å²) in [6.07, 6.45) is 3.01. The maximum absolute atomic E-state index is 13.6. The highest BCUT2D eigenvalue weighted by molar-refractivity contribution is 7.92. The maximum Gasteiger partial charge on any atom is 0.245 e. The highest BCUT2D eigenvalue weighted by Gasteiger charge is 2.46. The Labute approximate surface area is 161 Å². The molecule has 2 aliphatic rings. The van der Waals surface area contributed by atoms with Gasteiger partial charge in [-0.25, -0.2) is 4.21 Å². The van der Waals surface area contributed by atoms with E-state index in [9.17, 15) is 13.8 Å². The monoisotopic (exact) mass is 389 g/mol. The fourth-order valence-electron chi connectivity index (χ4n) is 4.23. The van der Waals surface area contributed by atoms with Crippen LogP contribution in [-0.4, -0.2) is 63.5 Å². The number of nitrogens with one attached hydrogen (secondary N) is 1. The summed E-state index contributed by atoms with van der Waals surface area (Å²) in [6, 6.07) is 9.57. The van der Waals surface area contributed by atoms with Crippen molar-refractivity contribution in [1.82, 2.24) is 9.80 Å². The lowest BCUT2D eigenvalue weighted by atomic mass is 9.71. The first-order valence-corrected chi connectivity index (χ1v) is 11.2. The van der Waals surface area contributed by atoms with Crippen LogP contribution in [-0.2, 0) is 24.7 Å². The van der Waals surface area contributed by atoms with Gasteiger partial charge in [-0.3, -0.25) is 14.4 Å². The van der Waals surface area contributed by atoms with Gasteiger partial charge < -0.3 is 9.80 Å². The number of likely N-dealkylation sites (tertiary alicyclic amines) is 1. The molecule has 2 aliphatic heterocycles. The molecule has 2 amide bonds. The van der Waals surface area contributed by atoms with Gasteiger partial charge in [0.25, 0.3) is 0 Å². The van der Waals surface area contributed by atoms with Crippen LogP contribution in [0.2, 0.25) is 0 Å². The summed E-state index contributed by atoms with van der Waals surface area (Å²) in [6.45, 7) is 4.55. The third-order valence-electron chi connectivity index (χ3n) is 5.95. The fourth-order valence-corrected chi connectivity index (χ4v) is 6.07. The molecule has 0 bridgehead atoms. The molecule has 1 aromatic rings. The molecule has 27 heavy (non-hydrogen) atoms. The summed E-state index contributed by atoms with van der Waals surface area (Å²) in [5.41, 5.74) is 0.261. The predicted octanol–water partition coefficient (Wildman–Crippen LogP) is 2.01. The highest BCUT2D eigenvalue weighted by atomic mass is 32.2. The molecule has 0 radical (unpaired) electrons. The smallest absolute Gasteiger partial charge is 0.245 e. The van der Waals surface area contributed by atoms with Gasteiger partial charge in [0.05, 0.1) is 11.2 Å². The van der Waals surface area contributed by atoms with Crippen LogP contribution < -0.4 is 0 Å². The van der Waals surface area contributed by atoms with Gasteiger partial charge in [-0.05, 0) is 30.9 Å². The van der Waals surface area contributed by atoms with Crippen molar-refractivity contribution in [3.05, 3.63) is 48.6 Å². The van der Waals surface area contributed by atoms with E-state index in [1.54, 1.807) is 16.8 Å². The number of rotatable bonds is 4. The Kier molecular flexibility index (Phi) is 5.42. The van der Waals surface area contributed by atoms with Crippen LogP contribution in [0.25, 0.3) is 0 Å². The lowest BCUT2D eigenvalue weighted by Crippen LogP contribution is -2.55. The molecule has 1 N–H and O–H groups in total. The quantitative estimate of drug-likeness (QED) is 0.800. The SMILES string of the molecule is C=CC(=O)N1CCC(C(=O)N(C)C2CCS(=N)(=O)C2)(c2ccccc2)CC1. The van der Waals surface area contributed by atoms with Crippen molar-refractivity contribution in [2.45, 2.75) is 30.7 Å². The van der Waals surface area contributed by atoms with Crippen molar-refractivity contribution >= 4 is 21.5 Å². The topological polar surface area (TPSA) is 81.5 Å². The molecule has 2 heterocycles. The van der Waals surface area contributed by atoms with Crippen LogP contribution >= 0.6 is 0 Å². The number of hydrogen-bond acceptors (Lipinski definition) is 4. The summed E-state index contributed by atoms with van der Waals surface area (Å²) >= 11 is 0. The van der Waals surface area contributed by atoms with E-state index < -0.39 is 15.1 Å². The van der Waals surface area contributed by atoms with Crippen molar-refractivity contribution in [1.29, 1.82) is 4.78 Å². The number of likely N-dealkylation sites (N-methyl/N-ethyl adjacent to an activating group) is 1. The Hall–Kier alpha value is -2.15. The second-order valence-corrected chi connectivity index (χ2v) is 9.88. The lowest BCUT2D eigenvalue weighted by Gasteiger charge is -2.43. The minimum absolute atomic E-state index is 0.00139. The second-order valence-electron chi connectivity index (χ2n) is 7.52. The molecule has 1 aromatic carbocycles. The fraction of sp³-hybridized carbons (Fsp3) is 0.500. The van der Waals surface area contributed by atoms with Gasteiger partial charge in [0.1, 0.15) is 0 Å². The van der Waals surface area contributed by atoms with Crippen molar-refractivity contribution in [2.24, 2.45) is 0 Å². The van der Waals surface area contributed by atoms with E-state index in [0.29, 0.717) is 38.1 Å². The number of piperidine rings is 1. The molecule has 0 aliphatic carbocycles. The van der Waals surface area contributed by atoms with Crippen LogP contribution in [0.3, 0.4) is 0 Å². The van der Waals surface area contributed by atoms with E-state index in [-0.39, 0.29) is 23.6 Å². The van der Waals surface area contributed by atoms with Gasteiger partial charge in [-0.15, -0.1) is 0 Å². The van der Waals surface area contributed by atoms with Gasteiger partial charge in [-0.2, -0.15) is 0 Å². The van der Waals surface area contributed by atoms with Crippen molar-refractivity contribution in [2.75, 3.05) is 31.6 Å². The largest absolute Gasteiger partial charge is 0.341 e. The summed E-state index contributed by atoms with van der Waals surface area (Å²) < 4.78 is 19.9. The minimum Gasteiger partial charge on any atom is -0.341 e. The summed E-state index contributed by atoms with van der Waals surface area (Å²) in [4.78, 5) is 29.0. The van der Waals surface area contributed by atoms with Crippen LogP contribution in [0.5, 0.6) is 0 Å². The van der Waals surface area contributed by atoms with Crippen molar-refractivity contribution in [3.63, 3.8) is 0 Å². The van der Waals surface area contributed by atoms with E-state index in [1.165, 1.54) is 6.08 Å². The Morgan fingerprint density at radius 3 is 2.44 bits per heavy atom. The van der Waals surface area contributed by atoms with E-state index in [0.717, 1.165) is 5.56 Å². The standard InChI is InChI=1S/C20H27N3O3S/c1-3-18(24)23-12-10-20(11-13-23,16-7-5-4-6-8-16)19(25)22(2)17-9-14-27(21,26)15-17/h3-8,17,21H,1,9-15H2,2H3. The average molecular weight is 390 g/mol. The Balaban J connectivity index is 1.88. The Bertz CT molecular complexity index is 827. The van der Waals surface area contributed by atoms with Gasteiger partial charge in [0.2, 0.25) is 11.8 Å². The molecule has 2 fully saturated rings. The van der Waals surface area contributed by atoms with Gasteiger partial charge >= 0.3 is 0 Å². The molecule has 3 rings (SSSR count). The molecular weight excluding hydrogens is 362 g/mol. The van der Waals surface area contributed by atoms with Crippen LogP contribution in [0.1, 0.15) is 24.8 Å². The van der Waals surface area contributed by atoms with Crippen molar-refractivity contribution in [3.8, 4) is 0 Å². The number of benzene rings is 1. The van der Waals surface area contributed by atoms with E-state index >= 15 is 0 Å². The molecule has 7 heteroatoms. The molecule has 146 valence electrons. The molecule has 0 saturated carbocycles. The zero-order chi connectivity index (χ0) is 19.7. The molecule has 0 aromatic heterocycles. The first kappa shape index (κ1) is 19.6. The van der Waals surface area contributed by atoms with E-state index in [2.05, 4.69) is 6.58 Å². The minimum atomic E-state index is -2.57. The summed E-state index contributed by atoms with van der Waals surface area (Å²) in [5.74, 6) is 0.500. The normalized spacial score (nSPS) is 27.1. The molecule has 2 unspecified atom stereocenters. The number of nitrogens with zero attached hydrogens (tertiary/aromatic N) is 2. The van der Waals surface area contributed by atoms with Crippen molar-refractivity contribution < 1.29 is 13.8 Å². The van der Waals surface area contributed by atoms with E-state index in [1.807, 2.05) is 30.3 Å². The van der Waals surface area contributed by atoms with Gasteiger partial charge in [0, 0.05) is 41.7 Å². The number of amides is 2. The highest BCUT2D eigenvalue weighted by Crippen LogP contribution is 2.38. The zero-order valence-corrected chi connectivity index (χ0v) is 16.5. The second kappa shape index (κ2) is 7.46. The Morgan fingerprint density at radius 1 is 1.30 bits per heavy atom. The average Bonchev–Trinajstić information content (AvgIpc) is 3.06. The number of carbonyl (C=O) groups is 2. The molecular formula is C20H27N3O3S. The van der Waals surface area contributed by atoms with Gasteiger partial charge in [-0.1, -0.05) is 36.9 Å². The van der Waals surface area contributed by atoms with Gasteiger partial charge in [0.15, 0.2) is 0 Å². The lowest BCUT2D eigenvalue weighted by molar-refractivity contribution is -0.142. The summed E-state index contributed by atoms with van der Waals surface area (Å²) in [7, 11) is -0.807. The third kappa shape index (κ3) is 3.78. The third-order valence-corrected chi connectivity index (χ3v) is 7.77. The maximum atomic E-state index is 13.6. The molecule has 6 nitrogen and oxygen atoms in total. The van der Waals surface area contributed by atoms with Crippen LogP contribution in [0.4, 0.5) is 0 Å². The Morgan fingerprint density at radius 2 is 1.93 bits per heavy atom. The zero-order valence-electron chi connectivity index (χ0n) is 15.7.